The Balaban J connectivity index is 0.00000264. The number of ether oxygens (including phenoxy) is 1. The smallest absolute Gasteiger partial charge is 0.244 e. The lowest BCUT2D eigenvalue weighted by Gasteiger charge is -2.24. The second kappa shape index (κ2) is 8.56. The largest absolute Gasteiger partial charge is 0.496 e. The fourth-order valence-electron chi connectivity index (χ4n) is 2.32. The molecule has 0 heterocycles. The molecular formula is C18H23ClN2O2. The summed E-state index contributed by atoms with van der Waals surface area (Å²) < 4.78 is 5.30. The van der Waals surface area contributed by atoms with Crippen LogP contribution in [0.1, 0.15) is 18.1 Å². The maximum atomic E-state index is 12.3. The lowest BCUT2D eigenvalue weighted by atomic mass is 9.92. The zero-order valence-electron chi connectivity index (χ0n) is 13.4. The van der Waals surface area contributed by atoms with Gasteiger partial charge in [0.25, 0.3) is 0 Å². The van der Waals surface area contributed by atoms with Gasteiger partial charge in [-0.05, 0) is 30.5 Å². The Morgan fingerprint density at radius 2 is 1.74 bits per heavy atom. The molecule has 0 saturated heterocycles. The van der Waals surface area contributed by atoms with Gasteiger partial charge in [-0.25, -0.2) is 0 Å². The molecule has 23 heavy (non-hydrogen) atoms. The van der Waals surface area contributed by atoms with E-state index in [1.54, 1.807) is 14.0 Å². The number of benzene rings is 2. The van der Waals surface area contributed by atoms with Crippen LogP contribution in [0.15, 0.2) is 54.6 Å². The van der Waals surface area contributed by atoms with E-state index in [4.69, 9.17) is 10.5 Å². The molecule has 0 fully saturated rings. The molecule has 0 spiro atoms. The Morgan fingerprint density at radius 1 is 1.13 bits per heavy atom. The van der Waals surface area contributed by atoms with E-state index in [0.717, 1.165) is 16.9 Å². The maximum Gasteiger partial charge on any atom is 0.244 e. The van der Waals surface area contributed by atoms with Gasteiger partial charge in [-0.1, -0.05) is 48.5 Å². The monoisotopic (exact) mass is 334 g/mol. The van der Waals surface area contributed by atoms with Crippen LogP contribution in [0.5, 0.6) is 5.75 Å². The molecule has 4 nitrogen and oxygen atoms in total. The summed E-state index contributed by atoms with van der Waals surface area (Å²) in [6.45, 7) is 2.24. The number of carbonyl (C=O) groups is 1. The molecule has 0 aromatic heterocycles. The standard InChI is InChI=1S/C18H22N2O2.ClH/c1-18(19,15-9-4-3-5-10-15)17(21)20-13-12-14-8-6-7-11-16(14)22-2;/h3-11H,12-13,19H2,1-2H3,(H,20,21);1H. The predicted octanol–water partition coefficient (Wildman–Crippen LogP) is 2.65. The molecule has 2 aromatic carbocycles. The average Bonchev–Trinajstić information content (AvgIpc) is 2.56. The van der Waals surface area contributed by atoms with Crippen LogP contribution in [0.2, 0.25) is 0 Å². The zero-order valence-corrected chi connectivity index (χ0v) is 14.2. The highest BCUT2D eigenvalue weighted by molar-refractivity contribution is 5.87. The van der Waals surface area contributed by atoms with Crippen LogP contribution >= 0.6 is 12.4 Å². The number of hydrogen-bond acceptors (Lipinski definition) is 3. The van der Waals surface area contributed by atoms with Gasteiger partial charge >= 0.3 is 0 Å². The van der Waals surface area contributed by atoms with E-state index in [1.807, 2.05) is 54.6 Å². The molecule has 2 rings (SSSR count). The molecule has 5 heteroatoms. The Hall–Kier alpha value is -2.04. The minimum absolute atomic E-state index is 0. The van der Waals surface area contributed by atoms with E-state index in [0.29, 0.717) is 13.0 Å². The molecule has 3 N–H and O–H groups in total. The van der Waals surface area contributed by atoms with Crippen molar-refractivity contribution in [3.05, 3.63) is 65.7 Å². The fourth-order valence-corrected chi connectivity index (χ4v) is 2.32. The number of hydrogen-bond donors (Lipinski definition) is 2. The maximum absolute atomic E-state index is 12.3. The molecule has 1 amide bonds. The quantitative estimate of drug-likeness (QED) is 0.853. The number of halogens is 1. The normalized spacial score (nSPS) is 12.7. The van der Waals surface area contributed by atoms with E-state index in [1.165, 1.54) is 0 Å². The van der Waals surface area contributed by atoms with Crippen molar-refractivity contribution in [2.24, 2.45) is 5.73 Å². The summed E-state index contributed by atoms with van der Waals surface area (Å²) in [5.41, 5.74) is 7.00. The fraction of sp³-hybridized carbons (Fsp3) is 0.278. The highest BCUT2D eigenvalue weighted by atomic mass is 35.5. The van der Waals surface area contributed by atoms with Crippen molar-refractivity contribution >= 4 is 18.3 Å². The summed E-state index contributed by atoms with van der Waals surface area (Å²) >= 11 is 0. The summed E-state index contributed by atoms with van der Waals surface area (Å²) in [5, 5.41) is 2.90. The molecular weight excluding hydrogens is 312 g/mol. The highest BCUT2D eigenvalue weighted by Crippen LogP contribution is 2.19. The third kappa shape index (κ3) is 4.71. The van der Waals surface area contributed by atoms with Crippen molar-refractivity contribution in [1.29, 1.82) is 0 Å². The van der Waals surface area contributed by atoms with Crippen LogP contribution in [0.25, 0.3) is 0 Å². The lowest BCUT2D eigenvalue weighted by molar-refractivity contribution is -0.126. The van der Waals surface area contributed by atoms with E-state index in [2.05, 4.69) is 5.32 Å². The van der Waals surface area contributed by atoms with Crippen molar-refractivity contribution in [2.75, 3.05) is 13.7 Å². The zero-order chi connectivity index (χ0) is 16.0. The summed E-state index contributed by atoms with van der Waals surface area (Å²) in [7, 11) is 1.64. The predicted molar refractivity (Wildman–Crippen MR) is 94.9 cm³/mol. The number of amides is 1. The van der Waals surface area contributed by atoms with Gasteiger partial charge < -0.3 is 15.8 Å². The molecule has 2 aromatic rings. The summed E-state index contributed by atoms with van der Waals surface area (Å²) in [5.74, 6) is 0.643. The third-order valence-electron chi connectivity index (χ3n) is 3.72. The van der Waals surface area contributed by atoms with E-state index in [9.17, 15) is 4.79 Å². The molecule has 0 saturated carbocycles. The minimum atomic E-state index is -1.04. The Morgan fingerprint density at radius 3 is 2.39 bits per heavy atom. The average molecular weight is 335 g/mol. The van der Waals surface area contributed by atoms with E-state index >= 15 is 0 Å². The first-order valence-corrected chi connectivity index (χ1v) is 7.30. The Labute approximate surface area is 143 Å². The van der Waals surface area contributed by atoms with Gasteiger partial charge in [-0.15, -0.1) is 12.4 Å². The number of nitrogens with two attached hydrogens (primary N) is 1. The van der Waals surface area contributed by atoms with Gasteiger partial charge in [-0.2, -0.15) is 0 Å². The van der Waals surface area contributed by atoms with E-state index in [-0.39, 0.29) is 18.3 Å². The Kier molecular flexibility index (Phi) is 7.07. The number of para-hydroxylation sites is 1. The Bertz CT molecular complexity index is 630. The minimum Gasteiger partial charge on any atom is -0.496 e. The van der Waals surface area contributed by atoms with Crippen LogP contribution in [0.3, 0.4) is 0 Å². The van der Waals surface area contributed by atoms with Crippen LogP contribution < -0.4 is 15.8 Å². The molecule has 124 valence electrons. The number of carbonyl (C=O) groups excluding carboxylic acids is 1. The van der Waals surface area contributed by atoms with E-state index < -0.39 is 5.54 Å². The molecule has 0 aliphatic carbocycles. The second-order valence-corrected chi connectivity index (χ2v) is 5.39. The summed E-state index contributed by atoms with van der Waals surface area (Å²) in [4.78, 5) is 12.3. The summed E-state index contributed by atoms with van der Waals surface area (Å²) in [6.07, 6.45) is 0.695. The molecule has 0 bridgehead atoms. The third-order valence-corrected chi connectivity index (χ3v) is 3.72. The van der Waals surface area contributed by atoms with Gasteiger partial charge in [0.15, 0.2) is 0 Å². The number of rotatable bonds is 6. The van der Waals surface area contributed by atoms with Crippen LogP contribution in [-0.4, -0.2) is 19.6 Å². The summed E-state index contributed by atoms with van der Waals surface area (Å²) in [6, 6.07) is 17.2. The first-order valence-electron chi connectivity index (χ1n) is 7.30. The van der Waals surface area contributed by atoms with Crippen molar-refractivity contribution in [1.82, 2.24) is 5.32 Å². The molecule has 0 radical (unpaired) electrons. The van der Waals surface area contributed by atoms with Crippen LogP contribution in [0.4, 0.5) is 0 Å². The molecule has 0 aliphatic heterocycles. The lowest BCUT2D eigenvalue weighted by Crippen LogP contribution is -2.49. The van der Waals surface area contributed by atoms with Gasteiger partial charge in [-0.3, -0.25) is 4.79 Å². The highest BCUT2D eigenvalue weighted by Gasteiger charge is 2.29. The van der Waals surface area contributed by atoms with Crippen LogP contribution in [-0.2, 0) is 16.8 Å². The first-order chi connectivity index (χ1) is 10.6. The first kappa shape index (κ1) is 19.0. The van der Waals surface area contributed by atoms with Crippen molar-refractivity contribution in [3.8, 4) is 5.75 Å². The van der Waals surface area contributed by atoms with Gasteiger partial charge in [0, 0.05) is 6.54 Å². The number of methoxy groups -OCH3 is 1. The molecule has 1 atom stereocenters. The van der Waals surface area contributed by atoms with Gasteiger partial charge in [0.05, 0.1) is 7.11 Å². The van der Waals surface area contributed by atoms with Gasteiger partial charge in [0.2, 0.25) is 5.91 Å². The van der Waals surface area contributed by atoms with Gasteiger partial charge in [0.1, 0.15) is 11.3 Å². The van der Waals surface area contributed by atoms with Crippen molar-refractivity contribution < 1.29 is 9.53 Å². The van der Waals surface area contributed by atoms with Crippen molar-refractivity contribution in [2.45, 2.75) is 18.9 Å². The second-order valence-electron chi connectivity index (χ2n) is 5.39. The topological polar surface area (TPSA) is 64.3 Å². The van der Waals surface area contributed by atoms with Crippen LogP contribution in [0, 0.1) is 0 Å². The SMILES string of the molecule is COc1ccccc1CCNC(=O)C(C)(N)c1ccccc1.Cl. The molecule has 1 unspecified atom stereocenters. The van der Waals surface area contributed by atoms with Crippen molar-refractivity contribution in [3.63, 3.8) is 0 Å². The number of nitrogens with one attached hydrogen (secondary N) is 1. The molecule has 0 aliphatic rings.